The number of methoxy groups -OCH3 is 1. The minimum Gasteiger partial charge on any atom is -0.496 e. The third-order valence-electron chi connectivity index (χ3n) is 4.19. The van der Waals surface area contributed by atoms with E-state index >= 15 is 0 Å². The largest absolute Gasteiger partial charge is 0.496 e. The van der Waals surface area contributed by atoms with E-state index in [9.17, 15) is 4.79 Å². The summed E-state index contributed by atoms with van der Waals surface area (Å²) in [4.78, 5) is 17.7. The van der Waals surface area contributed by atoms with Gasteiger partial charge < -0.3 is 14.8 Å². The molecule has 1 heterocycles. The third-order valence-corrected chi connectivity index (χ3v) is 6.21. The van der Waals surface area contributed by atoms with Gasteiger partial charge in [0.1, 0.15) is 18.1 Å². The maximum absolute atomic E-state index is 12.4. The van der Waals surface area contributed by atoms with Gasteiger partial charge in [0.2, 0.25) is 0 Å². The molecule has 0 aliphatic rings. The Morgan fingerprint density at radius 1 is 1.21 bits per heavy atom. The van der Waals surface area contributed by atoms with Crippen molar-refractivity contribution in [3.05, 3.63) is 70.7 Å². The van der Waals surface area contributed by atoms with E-state index in [1.54, 1.807) is 47.9 Å². The first-order valence-electron chi connectivity index (χ1n) is 9.29. The van der Waals surface area contributed by atoms with Gasteiger partial charge in [-0.3, -0.25) is 4.79 Å². The predicted molar refractivity (Wildman–Crippen MR) is 118 cm³/mol. The smallest absolute Gasteiger partial charge is 0.251 e. The highest BCUT2D eigenvalue weighted by Crippen LogP contribution is 2.29. The van der Waals surface area contributed by atoms with Crippen molar-refractivity contribution < 1.29 is 14.3 Å². The van der Waals surface area contributed by atoms with E-state index in [0.29, 0.717) is 24.6 Å². The van der Waals surface area contributed by atoms with Crippen LogP contribution in [0.15, 0.2) is 64.3 Å². The Balaban J connectivity index is 1.42. The van der Waals surface area contributed by atoms with Crippen LogP contribution in [0.1, 0.15) is 23.0 Å². The molecule has 3 aromatic rings. The van der Waals surface area contributed by atoms with E-state index in [1.165, 1.54) is 0 Å². The molecule has 0 spiro atoms. The third kappa shape index (κ3) is 6.51. The lowest BCUT2D eigenvalue weighted by atomic mass is 10.2. The fraction of sp³-hybridized carbons (Fsp3) is 0.273. The normalized spacial score (nSPS) is 11.7. The molecule has 2 aromatic carbocycles. The number of thioether (sulfide) groups is 1. The van der Waals surface area contributed by atoms with E-state index in [1.807, 2.05) is 41.8 Å². The Morgan fingerprint density at radius 3 is 2.72 bits per heavy atom. The molecule has 3 rings (SSSR count). The van der Waals surface area contributed by atoms with Crippen LogP contribution in [-0.4, -0.2) is 30.3 Å². The number of carbonyl (C=O) groups is 1. The summed E-state index contributed by atoms with van der Waals surface area (Å²) in [5.41, 5.74) is 3.30. The highest BCUT2D eigenvalue weighted by atomic mass is 32.2. The number of thiazole rings is 1. The number of rotatable bonds is 10. The van der Waals surface area contributed by atoms with E-state index < -0.39 is 0 Å². The molecule has 1 atom stereocenters. The summed E-state index contributed by atoms with van der Waals surface area (Å²) < 4.78 is 11.1. The van der Waals surface area contributed by atoms with Gasteiger partial charge in [-0.1, -0.05) is 19.1 Å². The number of hydrogen-bond acceptors (Lipinski definition) is 6. The van der Waals surface area contributed by atoms with Gasteiger partial charge >= 0.3 is 0 Å². The second-order valence-electron chi connectivity index (χ2n) is 6.57. The van der Waals surface area contributed by atoms with Crippen LogP contribution in [0.5, 0.6) is 11.5 Å². The van der Waals surface area contributed by atoms with E-state index in [-0.39, 0.29) is 5.91 Å². The second kappa shape index (κ2) is 10.9. The number of ether oxygens (including phenoxy) is 2. The summed E-state index contributed by atoms with van der Waals surface area (Å²) in [7, 11) is 1.68. The van der Waals surface area contributed by atoms with Crippen molar-refractivity contribution in [2.75, 3.05) is 19.4 Å². The van der Waals surface area contributed by atoms with E-state index in [2.05, 4.69) is 17.2 Å². The SMILES string of the molecule is COc1ccccc1SCC(C)CNC(=O)c1ccc(OCc2cscn2)cc1. The monoisotopic (exact) mass is 428 g/mol. The Kier molecular flexibility index (Phi) is 7.95. The average molecular weight is 429 g/mol. The Morgan fingerprint density at radius 2 is 2.00 bits per heavy atom. The van der Waals surface area contributed by atoms with Gasteiger partial charge in [0.25, 0.3) is 5.91 Å². The summed E-state index contributed by atoms with van der Waals surface area (Å²) in [5, 5.41) is 4.96. The molecular weight excluding hydrogens is 404 g/mol. The number of nitrogens with zero attached hydrogens (tertiary/aromatic N) is 1. The van der Waals surface area contributed by atoms with Crippen LogP contribution in [0.25, 0.3) is 0 Å². The molecule has 0 fully saturated rings. The maximum Gasteiger partial charge on any atom is 0.251 e. The molecule has 0 aliphatic heterocycles. The average Bonchev–Trinajstić information content (AvgIpc) is 3.29. The molecule has 1 amide bonds. The Hall–Kier alpha value is -2.51. The molecule has 5 nitrogen and oxygen atoms in total. The lowest BCUT2D eigenvalue weighted by Crippen LogP contribution is -2.29. The molecule has 0 saturated heterocycles. The Bertz CT molecular complexity index is 899. The fourth-order valence-corrected chi connectivity index (χ4v) is 4.16. The minimum absolute atomic E-state index is 0.0785. The summed E-state index contributed by atoms with van der Waals surface area (Å²) in [6, 6.07) is 15.1. The first-order valence-corrected chi connectivity index (χ1v) is 11.2. The zero-order valence-electron chi connectivity index (χ0n) is 16.5. The second-order valence-corrected chi connectivity index (χ2v) is 8.35. The summed E-state index contributed by atoms with van der Waals surface area (Å²) >= 11 is 3.28. The minimum atomic E-state index is -0.0785. The van der Waals surface area contributed by atoms with Crippen molar-refractivity contribution in [2.45, 2.75) is 18.4 Å². The fourth-order valence-electron chi connectivity index (χ4n) is 2.57. The van der Waals surface area contributed by atoms with Crippen LogP contribution in [-0.2, 0) is 6.61 Å². The van der Waals surface area contributed by atoms with Crippen LogP contribution < -0.4 is 14.8 Å². The van der Waals surface area contributed by atoms with Crippen LogP contribution in [0.2, 0.25) is 0 Å². The highest BCUT2D eigenvalue weighted by molar-refractivity contribution is 7.99. The molecule has 0 saturated carbocycles. The molecule has 1 N–H and O–H groups in total. The number of carbonyl (C=O) groups excluding carboxylic acids is 1. The number of aromatic nitrogens is 1. The van der Waals surface area contributed by atoms with Gasteiger partial charge in [0, 0.05) is 28.1 Å². The molecule has 7 heteroatoms. The maximum atomic E-state index is 12.4. The van der Waals surface area contributed by atoms with Gasteiger partial charge in [0.05, 0.1) is 18.3 Å². The lowest BCUT2D eigenvalue weighted by molar-refractivity contribution is 0.0949. The molecule has 0 bridgehead atoms. The van der Waals surface area contributed by atoms with Crippen molar-refractivity contribution >= 4 is 29.0 Å². The zero-order valence-corrected chi connectivity index (χ0v) is 18.1. The van der Waals surface area contributed by atoms with Crippen molar-refractivity contribution in [3.8, 4) is 11.5 Å². The predicted octanol–water partition coefficient (Wildman–Crippen LogP) is 4.89. The van der Waals surface area contributed by atoms with Gasteiger partial charge in [-0.2, -0.15) is 0 Å². The first-order chi connectivity index (χ1) is 14.2. The molecule has 1 unspecified atom stereocenters. The van der Waals surface area contributed by atoms with Crippen molar-refractivity contribution in [1.29, 1.82) is 0 Å². The summed E-state index contributed by atoms with van der Waals surface area (Å²) in [6.45, 7) is 3.16. The van der Waals surface area contributed by atoms with Crippen molar-refractivity contribution in [2.24, 2.45) is 5.92 Å². The summed E-state index contributed by atoms with van der Waals surface area (Å²) in [5.74, 6) is 2.74. The van der Waals surface area contributed by atoms with Crippen LogP contribution in [0.3, 0.4) is 0 Å². The standard InChI is InChI=1S/C22H24N2O3S2/c1-16(13-29-21-6-4-3-5-20(21)26-2)11-23-22(25)17-7-9-19(10-8-17)27-12-18-14-28-15-24-18/h3-10,14-16H,11-13H2,1-2H3,(H,23,25). The van der Waals surface area contributed by atoms with Crippen molar-refractivity contribution in [1.82, 2.24) is 10.3 Å². The molecule has 0 radical (unpaired) electrons. The molecule has 0 aliphatic carbocycles. The molecule has 152 valence electrons. The number of nitrogens with one attached hydrogen (secondary N) is 1. The molecule has 1 aromatic heterocycles. The van der Waals surface area contributed by atoms with Gasteiger partial charge in [0.15, 0.2) is 0 Å². The van der Waals surface area contributed by atoms with E-state index in [0.717, 1.165) is 27.8 Å². The van der Waals surface area contributed by atoms with Crippen LogP contribution in [0.4, 0.5) is 0 Å². The molecular formula is C22H24N2O3S2. The van der Waals surface area contributed by atoms with Crippen molar-refractivity contribution in [3.63, 3.8) is 0 Å². The number of para-hydroxylation sites is 1. The van der Waals surface area contributed by atoms with Gasteiger partial charge in [-0.25, -0.2) is 4.98 Å². The van der Waals surface area contributed by atoms with Crippen LogP contribution in [0, 0.1) is 5.92 Å². The number of hydrogen-bond donors (Lipinski definition) is 1. The summed E-state index contributed by atoms with van der Waals surface area (Å²) in [6.07, 6.45) is 0. The zero-order chi connectivity index (χ0) is 20.5. The topological polar surface area (TPSA) is 60.5 Å². The quantitative estimate of drug-likeness (QED) is 0.466. The van der Waals surface area contributed by atoms with Crippen LogP contribution >= 0.6 is 23.1 Å². The van der Waals surface area contributed by atoms with Gasteiger partial charge in [-0.15, -0.1) is 23.1 Å². The Labute approximate surface area is 179 Å². The molecule has 29 heavy (non-hydrogen) atoms. The first kappa shape index (κ1) is 21.2. The number of benzene rings is 2. The van der Waals surface area contributed by atoms with Gasteiger partial charge in [-0.05, 0) is 42.3 Å². The number of amides is 1. The van der Waals surface area contributed by atoms with E-state index in [4.69, 9.17) is 9.47 Å². The lowest BCUT2D eigenvalue weighted by Gasteiger charge is -2.14. The highest BCUT2D eigenvalue weighted by Gasteiger charge is 2.10.